The van der Waals surface area contributed by atoms with Crippen LogP contribution in [0.25, 0.3) is 0 Å². The van der Waals surface area contributed by atoms with Gasteiger partial charge in [0.1, 0.15) is 0 Å². The fourth-order valence-electron chi connectivity index (χ4n) is 3.00. The Kier molecular flexibility index (Phi) is 11.1. The van der Waals surface area contributed by atoms with Crippen LogP contribution in [0, 0.1) is 0 Å². The molecule has 22 heavy (non-hydrogen) atoms. The lowest BCUT2D eigenvalue weighted by molar-refractivity contribution is 0.163. The van der Waals surface area contributed by atoms with Crippen LogP contribution in [0.2, 0.25) is 0 Å². The van der Waals surface area contributed by atoms with Gasteiger partial charge in [-0.25, -0.2) is 0 Å². The van der Waals surface area contributed by atoms with Crippen LogP contribution < -0.4 is 0 Å². The standard InChI is InChI=1S/C21H36O/c1-3-5-7-8-9-10-12-14-19-15-13-16-20(18-19)21(22)17-11-6-4-2/h13,15-16,18,21-22H,3-12,14,17H2,1-2H3. The van der Waals surface area contributed by atoms with Crippen LogP contribution in [-0.4, -0.2) is 5.11 Å². The van der Waals surface area contributed by atoms with E-state index in [1.807, 2.05) is 0 Å². The van der Waals surface area contributed by atoms with Crippen LogP contribution in [-0.2, 0) is 6.42 Å². The molecule has 0 spiro atoms. The van der Waals surface area contributed by atoms with Crippen LogP contribution in [0.3, 0.4) is 0 Å². The molecule has 0 aliphatic heterocycles. The van der Waals surface area contributed by atoms with E-state index in [2.05, 4.69) is 38.1 Å². The van der Waals surface area contributed by atoms with Gasteiger partial charge in [0.25, 0.3) is 0 Å². The lowest BCUT2D eigenvalue weighted by Gasteiger charge is -2.12. The van der Waals surface area contributed by atoms with Crippen LogP contribution >= 0.6 is 0 Å². The van der Waals surface area contributed by atoms with E-state index in [9.17, 15) is 5.11 Å². The molecular formula is C21H36O. The fraction of sp³-hybridized carbons (Fsp3) is 0.714. The SMILES string of the molecule is CCCCCCCCCc1cccc(C(O)CCCCC)c1. The van der Waals surface area contributed by atoms with Gasteiger partial charge in [-0.15, -0.1) is 0 Å². The largest absolute Gasteiger partial charge is 0.388 e. The predicted octanol–water partition coefficient (Wildman–Crippen LogP) is 6.59. The van der Waals surface area contributed by atoms with Crippen LogP contribution in [0.5, 0.6) is 0 Å². The molecule has 1 unspecified atom stereocenters. The summed E-state index contributed by atoms with van der Waals surface area (Å²) in [4.78, 5) is 0. The van der Waals surface area contributed by atoms with Gasteiger partial charge in [-0.2, -0.15) is 0 Å². The molecule has 0 heterocycles. The number of aliphatic hydroxyl groups is 1. The van der Waals surface area contributed by atoms with E-state index in [1.54, 1.807) is 0 Å². The van der Waals surface area contributed by atoms with Crippen molar-refractivity contribution >= 4 is 0 Å². The second-order valence-corrected chi connectivity index (χ2v) is 6.63. The average Bonchev–Trinajstić information content (AvgIpc) is 2.54. The Balaban J connectivity index is 2.25. The van der Waals surface area contributed by atoms with Crippen molar-refractivity contribution in [2.75, 3.05) is 0 Å². The van der Waals surface area contributed by atoms with Crippen LogP contribution in [0.4, 0.5) is 0 Å². The molecule has 1 heteroatoms. The molecule has 0 aromatic heterocycles. The van der Waals surface area contributed by atoms with Crippen molar-refractivity contribution in [3.8, 4) is 0 Å². The Bertz CT molecular complexity index is 372. The number of hydrogen-bond donors (Lipinski definition) is 1. The number of unbranched alkanes of at least 4 members (excludes halogenated alkanes) is 8. The molecule has 1 N–H and O–H groups in total. The molecule has 0 radical (unpaired) electrons. The Morgan fingerprint density at radius 1 is 0.818 bits per heavy atom. The third kappa shape index (κ3) is 8.58. The zero-order valence-electron chi connectivity index (χ0n) is 14.8. The van der Waals surface area contributed by atoms with Crippen molar-refractivity contribution in [3.05, 3.63) is 35.4 Å². The second-order valence-electron chi connectivity index (χ2n) is 6.63. The van der Waals surface area contributed by atoms with E-state index in [4.69, 9.17) is 0 Å². The zero-order valence-corrected chi connectivity index (χ0v) is 14.8. The average molecular weight is 305 g/mol. The lowest BCUT2D eigenvalue weighted by atomic mass is 9.98. The van der Waals surface area contributed by atoms with Gasteiger partial charge in [-0.3, -0.25) is 0 Å². The summed E-state index contributed by atoms with van der Waals surface area (Å²) in [5.41, 5.74) is 2.50. The molecule has 1 aromatic carbocycles. The summed E-state index contributed by atoms with van der Waals surface area (Å²) < 4.78 is 0. The van der Waals surface area contributed by atoms with E-state index in [1.165, 1.54) is 63.4 Å². The van der Waals surface area contributed by atoms with E-state index in [0.717, 1.165) is 24.8 Å². The molecule has 0 saturated carbocycles. The third-order valence-electron chi connectivity index (χ3n) is 4.49. The summed E-state index contributed by atoms with van der Waals surface area (Å²) in [6, 6.07) is 8.60. The Hall–Kier alpha value is -0.820. The molecular weight excluding hydrogens is 268 g/mol. The van der Waals surface area contributed by atoms with Crippen molar-refractivity contribution in [3.63, 3.8) is 0 Å². The first-order valence-corrected chi connectivity index (χ1v) is 9.54. The minimum absolute atomic E-state index is 0.277. The molecule has 0 fully saturated rings. The van der Waals surface area contributed by atoms with Gasteiger partial charge in [-0.05, 0) is 30.4 Å². The van der Waals surface area contributed by atoms with Crippen molar-refractivity contribution < 1.29 is 5.11 Å². The van der Waals surface area contributed by atoms with Gasteiger partial charge in [0, 0.05) is 0 Å². The molecule has 126 valence electrons. The summed E-state index contributed by atoms with van der Waals surface area (Å²) in [5, 5.41) is 10.3. The quantitative estimate of drug-likeness (QED) is 0.407. The van der Waals surface area contributed by atoms with Crippen molar-refractivity contribution in [2.24, 2.45) is 0 Å². The summed E-state index contributed by atoms with van der Waals surface area (Å²) >= 11 is 0. The highest BCUT2D eigenvalue weighted by Crippen LogP contribution is 2.21. The van der Waals surface area contributed by atoms with Gasteiger partial charge in [0.15, 0.2) is 0 Å². The molecule has 0 aliphatic rings. The van der Waals surface area contributed by atoms with E-state index < -0.39 is 0 Å². The Labute approximate surface area is 138 Å². The summed E-state index contributed by atoms with van der Waals surface area (Å²) in [6.07, 6.45) is 14.8. The predicted molar refractivity (Wildman–Crippen MR) is 97.2 cm³/mol. The highest BCUT2D eigenvalue weighted by atomic mass is 16.3. The zero-order chi connectivity index (χ0) is 16.0. The normalized spacial score (nSPS) is 12.5. The Morgan fingerprint density at radius 3 is 2.18 bits per heavy atom. The first-order chi connectivity index (χ1) is 10.8. The number of rotatable bonds is 13. The molecule has 1 rings (SSSR count). The first kappa shape index (κ1) is 19.2. The second kappa shape index (κ2) is 12.7. The molecule has 0 bridgehead atoms. The number of hydrogen-bond acceptors (Lipinski definition) is 1. The van der Waals surface area contributed by atoms with E-state index in [0.29, 0.717) is 0 Å². The van der Waals surface area contributed by atoms with Gasteiger partial charge in [0.2, 0.25) is 0 Å². The summed E-state index contributed by atoms with van der Waals surface area (Å²) in [7, 11) is 0. The maximum absolute atomic E-state index is 10.3. The van der Waals surface area contributed by atoms with E-state index in [-0.39, 0.29) is 6.10 Å². The highest BCUT2D eigenvalue weighted by Gasteiger charge is 2.07. The maximum atomic E-state index is 10.3. The first-order valence-electron chi connectivity index (χ1n) is 9.54. The maximum Gasteiger partial charge on any atom is 0.0790 e. The molecule has 0 aliphatic carbocycles. The summed E-state index contributed by atoms with van der Waals surface area (Å²) in [6.45, 7) is 4.47. The topological polar surface area (TPSA) is 20.2 Å². The van der Waals surface area contributed by atoms with Gasteiger partial charge in [-0.1, -0.05) is 95.9 Å². The van der Waals surface area contributed by atoms with E-state index >= 15 is 0 Å². The fourth-order valence-corrected chi connectivity index (χ4v) is 3.00. The molecule has 0 amide bonds. The molecule has 0 saturated heterocycles. The monoisotopic (exact) mass is 304 g/mol. The van der Waals surface area contributed by atoms with Gasteiger partial charge in [0.05, 0.1) is 6.10 Å². The van der Waals surface area contributed by atoms with Crippen LogP contribution in [0.1, 0.15) is 102 Å². The third-order valence-corrected chi connectivity index (χ3v) is 4.49. The lowest BCUT2D eigenvalue weighted by Crippen LogP contribution is -1.98. The minimum Gasteiger partial charge on any atom is -0.388 e. The number of benzene rings is 1. The van der Waals surface area contributed by atoms with Crippen molar-refractivity contribution in [2.45, 2.75) is 97.0 Å². The minimum atomic E-state index is -0.277. The smallest absolute Gasteiger partial charge is 0.0790 e. The molecule has 1 atom stereocenters. The van der Waals surface area contributed by atoms with Gasteiger partial charge >= 0.3 is 0 Å². The summed E-state index contributed by atoms with van der Waals surface area (Å²) in [5.74, 6) is 0. The molecule has 1 nitrogen and oxygen atoms in total. The van der Waals surface area contributed by atoms with Gasteiger partial charge < -0.3 is 5.11 Å². The number of aliphatic hydroxyl groups excluding tert-OH is 1. The number of aryl methyl sites for hydroxylation is 1. The molecule has 1 aromatic rings. The Morgan fingerprint density at radius 2 is 1.45 bits per heavy atom. The van der Waals surface area contributed by atoms with Crippen LogP contribution in [0.15, 0.2) is 24.3 Å². The van der Waals surface area contributed by atoms with Crippen molar-refractivity contribution in [1.82, 2.24) is 0 Å². The van der Waals surface area contributed by atoms with Crippen molar-refractivity contribution in [1.29, 1.82) is 0 Å². The highest BCUT2D eigenvalue weighted by molar-refractivity contribution is 5.25.